The van der Waals surface area contributed by atoms with Gasteiger partial charge in [-0.25, -0.2) is 0 Å². The lowest BCUT2D eigenvalue weighted by Crippen LogP contribution is -2.42. The molecule has 0 bridgehead atoms. The molecule has 1 aromatic rings. The van der Waals surface area contributed by atoms with Crippen molar-refractivity contribution in [2.75, 3.05) is 24.4 Å². The number of thiocarbonyl (C=S) groups is 1. The number of hydrogen-bond donors (Lipinski definition) is 1. The van der Waals surface area contributed by atoms with E-state index in [9.17, 15) is 8.42 Å². The summed E-state index contributed by atoms with van der Waals surface area (Å²) in [6, 6.07) is 6.94. The van der Waals surface area contributed by atoms with E-state index in [1.807, 2.05) is 0 Å². The van der Waals surface area contributed by atoms with E-state index in [4.69, 9.17) is 18.0 Å². The van der Waals surface area contributed by atoms with E-state index in [0.29, 0.717) is 23.8 Å². The van der Waals surface area contributed by atoms with Gasteiger partial charge in [-0.2, -0.15) is 12.7 Å². The van der Waals surface area contributed by atoms with E-state index in [2.05, 4.69) is 0 Å². The van der Waals surface area contributed by atoms with Crippen LogP contribution in [0.15, 0.2) is 24.3 Å². The van der Waals surface area contributed by atoms with E-state index >= 15 is 0 Å². The molecule has 0 spiro atoms. The smallest absolute Gasteiger partial charge is 0.303 e. The normalized spacial score (nSPS) is 17.2. The third-order valence-electron chi connectivity index (χ3n) is 3.75. The Morgan fingerprint density at radius 2 is 1.67 bits per heavy atom. The maximum Gasteiger partial charge on any atom is 0.303 e. The molecule has 0 atom stereocenters. The van der Waals surface area contributed by atoms with Gasteiger partial charge in [0.25, 0.3) is 0 Å². The maximum absolute atomic E-state index is 12.7. The number of hydrogen-bond acceptors (Lipinski definition) is 3. The molecule has 1 heterocycles. The standard InChI is InChI=1S/C14H21N3O2S2/c1-16(13-8-6-12(7-9-13)14(15)20)21(18,19)17-10-4-2-3-5-11-17/h6-9H,2-5,10-11H2,1H3,(H2,15,20). The van der Waals surface area contributed by atoms with Crippen LogP contribution < -0.4 is 10.0 Å². The van der Waals surface area contributed by atoms with Gasteiger partial charge >= 0.3 is 10.2 Å². The number of nitrogens with zero attached hydrogens (tertiary/aromatic N) is 2. The molecule has 21 heavy (non-hydrogen) atoms. The Morgan fingerprint density at radius 3 is 2.14 bits per heavy atom. The summed E-state index contributed by atoms with van der Waals surface area (Å²) < 4.78 is 28.2. The number of rotatable bonds is 4. The van der Waals surface area contributed by atoms with Gasteiger partial charge in [-0.1, -0.05) is 25.1 Å². The third kappa shape index (κ3) is 3.72. The molecular formula is C14H21N3O2S2. The zero-order chi connectivity index (χ0) is 15.5. The summed E-state index contributed by atoms with van der Waals surface area (Å²) in [4.78, 5) is 0.305. The molecule has 1 aliphatic heterocycles. The van der Waals surface area contributed by atoms with Crippen LogP contribution in [0.4, 0.5) is 5.69 Å². The summed E-state index contributed by atoms with van der Waals surface area (Å²) in [6.07, 6.45) is 4.04. The molecule has 1 aromatic carbocycles. The van der Waals surface area contributed by atoms with Gasteiger partial charge in [-0.05, 0) is 37.1 Å². The van der Waals surface area contributed by atoms with Crippen LogP contribution in [0.1, 0.15) is 31.2 Å². The summed E-state index contributed by atoms with van der Waals surface area (Å²) in [5, 5.41) is 0. The fourth-order valence-corrected chi connectivity index (χ4v) is 4.00. The van der Waals surface area contributed by atoms with Gasteiger partial charge in [0.15, 0.2) is 0 Å². The SMILES string of the molecule is CN(c1ccc(C(N)=S)cc1)S(=O)(=O)N1CCCCCC1. The molecule has 0 unspecified atom stereocenters. The first kappa shape index (κ1) is 16.2. The molecule has 0 aromatic heterocycles. The van der Waals surface area contributed by atoms with Crippen molar-refractivity contribution in [3.8, 4) is 0 Å². The number of anilines is 1. The largest absolute Gasteiger partial charge is 0.389 e. The minimum Gasteiger partial charge on any atom is -0.389 e. The van der Waals surface area contributed by atoms with Crippen molar-refractivity contribution in [3.63, 3.8) is 0 Å². The summed E-state index contributed by atoms with van der Waals surface area (Å²) in [6.45, 7) is 1.19. The predicted octanol–water partition coefficient (Wildman–Crippen LogP) is 1.88. The van der Waals surface area contributed by atoms with E-state index in [1.165, 1.54) is 4.31 Å². The van der Waals surface area contributed by atoms with Gasteiger partial charge in [0.05, 0.1) is 5.69 Å². The zero-order valence-corrected chi connectivity index (χ0v) is 13.8. The number of benzene rings is 1. The second-order valence-electron chi connectivity index (χ2n) is 5.20. The van der Waals surface area contributed by atoms with Crippen molar-refractivity contribution in [1.29, 1.82) is 0 Å². The quantitative estimate of drug-likeness (QED) is 0.858. The van der Waals surface area contributed by atoms with Crippen LogP contribution in [0.2, 0.25) is 0 Å². The van der Waals surface area contributed by atoms with Gasteiger partial charge in [-0.15, -0.1) is 0 Å². The van der Waals surface area contributed by atoms with Gasteiger partial charge in [-0.3, -0.25) is 4.31 Å². The average molecular weight is 327 g/mol. The summed E-state index contributed by atoms with van der Waals surface area (Å²) >= 11 is 4.90. The highest BCUT2D eigenvalue weighted by Gasteiger charge is 2.27. The first-order chi connectivity index (χ1) is 9.93. The second-order valence-corrected chi connectivity index (χ2v) is 7.60. The lowest BCUT2D eigenvalue weighted by molar-refractivity contribution is 0.422. The van der Waals surface area contributed by atoms with Crippen LogP contribution in [-0.2, 0) is 10.2 Å². The van der Waals surface area contributed by atoms with E-state index in [1.54, 1.807) is 35.6 Å². The van der Waals surface area contributed by atoms with Gasteiger partial charge in [0, 0.05) is 25.7 Å². The topological polar surface area (TPSA) is 66.6 Å². The average Bonchev–Trinajstić information content (AvgIpc) is 2.76. The Labute approximate surface area is 131 Å². The van der Waals surface area contributed by atoms with Gasteiger partial charge in [0.2, 0.25) is 0 Å². The second kappa shape index (κ2) is 6.72. The Bertz CT molecular complexity index is 591. The molecule has 1 fully saturated rings. The van der Waals surface area contributed by atoms with Crippen LogP contribution >= 0.6 is 12.2 Å². The van der Waals surface area contributed by atoms with Crippen molar-refractivity contribution in [2.24, 2.45) is 5.73 Å². The van der Waals surface area contributed by atoms with Crippen molar-refractivity contribution in [2.45, 2.75) is 25.7 Å². The van der Waals surface area contributed by atoms with Crippen molar-refractivity contribution in [1.82, 2.24) is 4.31 Å². The molecule has 2 rings (SSSR count). The molecule has 0 saturated carbocycles. The molecule has 2 N–H and O–H groups in total. The zero-order valence-electron chi connectivity index (χ0n) is 12.2. The van der Waals surface area contributed by atoms with Crippen LogP contribution in [0.3, 0.4) is 0 Å². The Balaban J connectivity index is 2.20. The highest BCUT2D eigenvalue weighted by atomic mass is 32.2. The molecule has 116 valence electrons. The maximum atomic E-state index is 12.7. The highest BCUT2D eigenvalue weighted by molar-refractivity contribution is 7.90. The van der Waals surface area contributed by atoms with Crippen molar-refractivity contribution >= 4 is 33.1 Å². The minimum atomic E-state index is -3.47. The fourth-order valence-electron chi connectivity index (χ4n) is 2.41. The van der Waals surface area contributed by atoms with Crippen LogP contribution in [-0.4, -0.2) is 37.8 Å². The fraction of sp³-hybridized carbons (Fsp3) is 0.500. The van der Waals surface area contributed by atoms with Crippen molar-refractivity contribution in [3.05, 3.63) is 29.8 Å². The van der Waals surface area contributed by atoms with Crippen LogP contribution in [0.25, 0.3) is 0 Å². The summed E-state index contributed by atoms with van der Waals surface area (Å²) in [5.74, 6) is 0. The molecule has 5 nitrogen and oxygen atoms in total. The molecule has 7 heteroatoms. The molecule has 0 aliphatic carbocycles. The lowest BCUT2D eigenvalue weighted by Gasteiger charge is -2.27. The summed E-state index contributed by atoms with van der Waals surface area (Å²) in [5.41, 5.74) is 6.89. The van der Waals surface area contributed by atoms with Crippen LogP contribution in [0, 0.1) is 0 Å². The Kier molecular flexibility index (Phi) is 5.18. The first-order valence-electron chi connectivity index (χ1n) is 7.07. The number of nitrogens with two attached hydrogens (primary N) is 1. The molecular weight excluding hydrogens is 306 g/mol. The molecule has 0 radical (unpaired) electrons. The monoisotopic (exact) mass is 327 g/mol. The van der Waals surface area contributed by atoms with Crippen LogP contribution in [0.5, 0.6) is 0 Å². The van der Waals surface area contributed by atoms with Gasteiger partial charge < -0.3 is 5.73 Å². The van der Waals surface area contributed by atoms with E-state index in [0.717, 1.165) is 31.2 Å². The highest BCUT2D eigenvalue weighted by Crippen LogP contribution is 2.21. The first-order valence-corrected chi connectivity index (χ1v) is 8.87. The Hall–Kier alpha value is -1.18. The molecule has 1 saturated heterocycles. The van der Waals surface area contributed by atoms with E-state index < -0.39 is 10.2 Å². The lowest BCUT2D eigenvalue weighted by atomic mass is 10.2. The third-order valence-corrected chi connectivity index (χ3v) is 5.91. The predicted molar refractivity (Wildman–Crippen MR) is 89.7 cm³/mol. The Morgan fingerprint density at radius 1 is 1.14 bits per heavy atom. The molecule has 0 amide bonds. The van der Waals surface area contributed by atoms with E-state index in [-0.39, 0.29) is 0 Å². The van der Waals surface area contributed by atoms with Gasteiger partial charge in [0.1, 0.15) is 4.99 Å². The van der Waals surface area contributed by atoms with Crippen molar-refractivity contribution < 1.29 is 8.42 Å². The molecule has 1 aliphatic rings. The summed E-state index contributed by atoms with van der Waals surface area (Å²) in [7, 11) is -1.89. The minimum absolute atomic E-state index is 0.305.